The zero-order chi connectivity index (χ0) is 12.6. The highest BCUT2D eigenvalue weighted by Crippen LogP contribution is 2.39. The third-order valence-electron chi connectivity index (χ3n) is 2.17. The zero-order valence-corrected chi connectivity index (χ0v) is 11.1. The number of rotatable bonds is 4. The standard InChI is InChI=1S/C11H16O3.C2H6/c1-5-8-6-7-9(12-2)11(14-4)10(8)13-3;1-2/h6-7H,5H2,1-4H3;1-2H3. The first-order chi connectivity index (χ1) is 7.78. The summed E-state index contributed by atoms with van der Waals surface area (Å²) in [6.07, 6.45) is 0.906. The predicted molar refractivity (Wildman–Crippen MR) is 66.8 cm³/mol. The van der Waals surface area contributed by atoms with Gasteiger partial charge in [-0.2, -0.15) is 0 Å². The van der Waals surface area contributed by atoms with Gasteiger partial charge in [0.2, 0.25) is 5.75 Å². The van der Waals surface area contributed by atoms with Crippen LogP contribution in [0, 0.1) is 0 Å². The van der Waals surface area contributed by atoms with Crippen molar-refractivity contribution in [2.24, 2.45) is 0 Å². The number of benzene rings is 1. The van der Waals surface area contributed by atoms with Crippen molar-refractivity contribution < 1.29 is 14.2 Å². The molecule has 0 radical (unpaired) electrons. The second-order valence-electron chi connectivity index (χ2n) is 2.85. The van der Waals surface area contributed by atoms with Crippen LogP contribution in [0.25, 0.3) is 0 Å². The number of hydrogen-bond donors (Lipinski definition) is 0. The van der Waals surface area contributed by atoms with E-state index in [9.17, 15) is 0 Å². The fourth-order valence-corrected chi connectivity index (χ4v) is 1.44. The Labute approximate surface area is 98.3 Å². The number of ether oxygens (including phenoxy) is 3. The minimum atomic E-state index is 0.661. The van der Waals surface area contributed by atoms with Gasteiger partial charge in [0.25, 0.3) is 0 Å². The molecule has 0 aliphatic heterocycles. The van der Waals surface area contributed by atoms with E-state index < -0.39 is 0 Å². The van der Waals surface area contributed by atoms with Crippen LogP contribution in [-0.2, 0) is 6.42 Å². The summed E-state index contributed by atoms with van der Waals surface area (Å²) in [4.78, 5) is 0. The van der Waals surface area contributed by atoms with Crippen LogP contribution in [-0.4, -0.2) is 21.3 Å². The summed E-state index contributed by atoms with van der Waals surface area (Å²) >= 11 is 0. The molecule has 0 fully saturated rings. The van der Waals surface area contributed by atoms with Crippen molar-refractivity contribution in [1.29, 1.82) is 0 Å². The van der Waals surface area contributed by atoms with Gasteiger partial charge in [-0.3, -0.25) is 0 Å². The molecule has 0 atom stereocenters. The molecule has 0 saturated carbocycles. The maximum atomic E-state index is 5.30. The average Bonchev–Trinajstić information content (AvgIpc) is 2.38. The molecular weight excluding hydrogens is 204 g/mol. The minimum Gasteiger partial charge on any atom is -0.493 e. The largest absolute Gasteiger partial charge is 0.493 e. The highest BCUT2D eigenvalue weighted by Gasteiger charge is 2.13. The summed E-state index contributed by atoms with van der Waals surface area (Å²) in [7, 11) is 4.86. The van der Waals surface area contributed by atoms with Crippen LogP contribution in [0.2, 0.25) is 0 Å². The molecule has 0 bridgehead atoms. The maximum Gasteiger partial charge on any atom is 0.203 e. The quantitative estimate of drug-likeness (QED) is 0.788. The van der Waals surface area contributed by atoms with E-state index in [1.807, 2.05) is 26.0 Å². The van der Waals surface area contributed by atoms with Gasteiger partial charge in [0.15, 0.2) is 11.5 Å². The van der Waals surface area contributed by atoms with Gasteiger partial charge in [0.1, 0.15) is 0 Å². The molecule has 0 saturated heterocycles. The first kappa shape index (κ1) is 14.6. The third-order valence-corrected chi connectivity index (χ3v) is 2.17. The Morgan fingerprint density at radius 2 is 1.44 bits per heavy atom. The highest BCUT2D eigenvalue weighted by atomic mass is 16.5. The van der Waals surface area contributed by atoms with Gasteiger partial charge < -0.3 is 14.2 Å². The van der Waals surface area contributed by atoms with Crippen LogP contribution >= 0.6 is 0 Å². The van der Waals surface area contributed by atoms with Crippen molar-refractivity contribution in [3.8, 4) is 17.2 Å². The summed E-state index contributed by atoms with van der Waals surface area (Å²) in [5, 5.41) is 0. The van der Waals surface area contributed by atoms with Crippen molar-refractivity contribution in [2.45, 2.75) is 27.2 Å². The number of hydrogen-bond acceptors (Lipinski definition) is 3. The summed E-state index contributed by atoms with van der Waals surface area (Å²) in [5.74, 6) is 2.12. The van der Waals surface area contributed by atoms with E-state index in [0.717, 1.165) is 17.7 Å². The van der Waals surface area contributed by atoms with Crippen molar-refractivity contribution in [3.63, 3.8) is 0 Å². The normalized spacial score (nSPS) is 8.88. The van der Waals surface area contributed by atoms with Crippen molar-refractivity contribution in [2.75, 3.05) is 21.3 Å². The molecule has 92 valence electrons. The summed E-state index contributed by atoms with van der Waals surface area (Å²) in [5.41, 5.74) is 1.12. The second-order valence-corrected chi connectivity index (χ2v) is 2.85. The van der Waals surface area contributed by atoms with Gasteiger partial charge in [-0.05, 0) is 18.1 Å². The molecule has 0 spiro atoms. The monoisotopic (exact) mass is 226 g/mol. The van der Waals surface area contributed by atoms with E-state index in [-0.39, 0.29) is 0 Å². The number of aryl methyl sites for hydroxylation is 1. The van der Waals surface area contributed by atoms with Crippen LogP contribution in [0.3, 0.4) is 0 Å². The molecule has 3 nitrogen and oxygen atoms in total. The van der Waals surface area contributed by atoms with Crippen LogP contribution in [0.4, 0.5) is 0 Å². The van der Waals surface area contributed by atoms with Gasteiger partial charge in [-0.1, -0.05) is 26.8 Å². The Kier molecular flexibility index (Phi) is 7.18. The van der Waals surface area contributed by atoms with Crippen LogP contribution in [0.1, 0.15) is 26.3 Å². The average molecular weight is 226 g/mol. The fourth-order valence-electron chi connectivity index (χ4n) is 1.44. The lowest BCUT2D eigenvalue weighted by atomic mass is 10.1. The van der Waals surface area contributed by atoms with Gasteiger partial charge in [0.05, 0.1) is 21.3 Å². The van der Waals surface area contributed by atoms with E-state index in [1.54, 1.807) is 21.3 Å². The SMILES string of the molecule is CC.CCc1ccc(OC)c(OC)c1OC. The molecule has 0 unspecified atom stereocenters. The molecule has 0 aromatic heterocycles. The Hall–Kier alpha value is -1.38. The smallest absolute Gasteiger partial charge is 0.203 e. The molecule has 3 heteroatoms. The Bertz CT molecular complexity index is 277. The van der Waals surface area contributed by atoms with E-state index in [1.165, 1.54) is 0 Å². The predicted octanol–water partition coefficient (Wildman–Crippen LogP) is 3.30. The molecule has 1 rings (SSSR count). The molecule has 1 aromatic carbocycles. The molecule has 0 heterocycles. The van der Waals surface area contributed by atoms with E-state index in [4.69, 9.17) is 14.2 Å². The van der Waals surface area contributed by atoms with Crippen LogP contribution in [0.15, 0.2) is 12.1 Å². The third kappa shape index (κ3) is 3.05. The maximum absolute atomic E-state index is 5.30. The Balaban J connectivity index is 0.00000106. The highest BCUT2D eigenvalue weighted by molar-refractivity contribution is 5.55. The first-order valence-electron chi connectivity index (χ1n) is 5.56. The summed E-state index contributed by atoms with van der Waals surface area (Å²) in [6.45, 7) is 6.07. The Morgan fingerprint density at radius 3 is 1.81 bits per heavy atom. The van der Waals surface area contributed by atoms with Crippen LogP contribution in [0.5, 0.6) is 17.2 Å². The fraction of sp³-hybridized carbons (Fsp3) is 0.538. The van der Waals surface area contributed by atoms with Crippen molar-refractivity contribution >= 4 is 0 Å². The molecule has 0 aliphatic carbocycles. The topological polar surface area (TPSA) is 27.7 Å². The van der Waals surface area contributed by atoms with Crippen LogP contribution < -0.4 is 14.2 Å². The van der Waals surface area contributed by atoms with Gasteiger partial charge in [-0.25, -0.2) is 0 Å². The zero-order valence-electron chi connectivity index (χ0n) is 11.1. The summed E-state index contributed by atoms with van der Waals surface area (Å²) in [6, 6.07) is 3.88. The van der Waals surface area contributed by atoms with Crippen molar-refractivity contribution in [3.05, 3.63) is 17.7 Å². The molecule has 0 N–H and O–H groups in total. The van der Waals surface area contributed by atoms with Gasteiger partial charge in [0, 0.05) is 0 Å². The van der Waals surface area contributed by atoms with E-state index >= 15 is 0 Å². The molecule has 1 aromatic rings. The summed E-state index contributed by atoms with van der Waals surface area (Å²) < 4.78 is 15.7. The number of methoxy groups -OCH3 is 3. The van der Waals surface area contributed by atoms with Gasteiger partial charge >= 0.3 is 0 Å². The van der Waals surface area contributed by atoms with Gasteiger partial charge in [-0.15, -0.1) is 0 Å². The lowest BCUT2D eigenvalue weighted by Crippen LogP contribution is -1.97. The molecule has 0 amide bonds. The first-order valence-corrected chi connectivity index (χ1v) is 5.56. The van der Waals surface area contributed by atoms with E-state index in [2.05, 4.69) is 6.92 Å². The molecule has 0 aliphatic rings. The van der Waals surface area contributed by atoms with Crippen molar-refractivity contribution in [1.82, 2.24) is 0 Å². The molecular formula is C13H22O3. The lowest BCUT2D eigenvalue weighted by Gasteiger charge is -2.14. The van der Waals surface area contributed by atoms with E-state index in [0.29, 0.717) is 11.5 Å². The Morgan fingerprint density at radius 1 is 0.875 bits per heavy atom. The molecule has 16 heavy (non-hydrogen) atoms. The minimum absolute atomic E-state index is 0.661. The lowest BCUT2D eigenvalue weighted by molar-refractivity contribution is 0.322. The second kappa shape index (κ2) is 7.85.